The van der Waals surface area contributed by atoms with Gasteiger partial charge in [-0.1, -0.05) is 25.6 Å². The smallest absolute Gasteiger partial charge is 0.161 e. The van der Waals surface area contributed by atoms with Crippen LogP contribution >= 0.6 is 11.8 Å². The fraction of sp³-hybridized carbons (Fsp3) is 0.636. The molecule has 0 bridgehead atoms. The standard InChI is InChI=1S/C11H18N4S/c1-4-15-6-9(5-13-15)14-10-12-7-11(2,3)8-16-10/h5-6H,4,7-8H2,1-3H3,(H,12,14). The van der Waals surface area contributed by atoms with Crippen molar-refractivity contribution in [3.63, 3.8) is 0 Å². The molecule has 1 aliphatic heterocycles. The van der Waals surface area contributed by atoms with Crippen molar-refractivity contribution in [3.05, 3.63) is 12.4 Å². The highest BCUT2D eigenvalue weighted by Gasteiger charge is 2.23. The molecule has 2 heterocycles. The minimum absolute atomic E-state index is 0.323. The van der Waals surface area contributed by atoms with Crippen molar-refractivity contribution in [2.75, 3.05) is 17.6 Å². The second kappa shape index (κ2) is 4.49. The van der Waals surface area contributed by atoms with E-state index in [0.29, 0.717) is 5.41 Å². The SMILES string of the molecule is CCn1cc(NC2=NCC(C)(C)CS2)cn1. The van der Waals surface area contributed by atoms with Crippen molar-refractivity contribution in [2.45, 2.75) is 27.3 Å². The third kappa shape index (κ3) is 2.78. The van der Waals surface area contributed by atoms with Gasteiger partial charge in [0.15, 0.2) is 5.17 Å². The Morgan fingerprint density at radius 2 is 2.38 bits per heavy atom. The Bertz CT molecular complexity index is 394. The molecule has 5 heteroatoms. The van der Waals surface area contributed by atoms with Crippen LogP contribution < -0.4 is 5.32 Å². The zero-order chi connectivity index (χ0) is 11.6. The van der Waals surface area contributed by atoms with Gasteiger partial charge in [0.25, 0.3) is 0 Å². The van der Waals surface area contributed by atoms with Gasteiger partial charge in [0, 0.05) is 25.0 Å². The van der Waals surface area contributed by atoms with Gasteiger partial charge >= 0.3 is 0 Å². The van der Waals surface area contributed by atoms with E-state index in [9.17, 15) is 0 Å². The van der Waals surface area contributed by atoms with Crippen molar-refractivity contribution in [2.24, 2.45) is 10.4 Å². The van der Waals surface area contributed by atoms with E-state index in [-0.39, 0.29) is 0 Å². The topological polar surface area (TPSA) is 42.2 Å². The predicted octanol–water partition coefficient (Wildman–Crippen LogP) is 2.44. The average Bonchev–Trinajstić information content (AvgIpc) is 2.69. The zero-order valence-electron chi connectivity index (χ0n) is 10.0. The van der Waals surface area contributed by atoms with Crippen LogP contribution in [0.5, 0.6) is 0 Å². The van der Waals surface area contributed by atoms with Crippen molar-refractivity contribution >= 4 is 22.6 Å². The number of thioether (sulfide) groups is 1. The number of amidine groups is 1. The van der Waals surface area contributed by atoms with Gasteiger partial charge in [-0.3, -0.25) is 9.67 Å². The molecule has 2 rings (SSSR count). The van der Waals surface area contributed by atoms with Crippen molar-refractivity contribution < 1.29 is 0 Å². The second-order valence-corrected chi connectivity index (χ2v) is 5.75. The molecule has 0 atom stereocenters. The minimum atomic E-state index is 0.323. The first-order valence-electron chi connectivity index (χ1n) is 5.56. The molecule has 4 nitrogen and oxygen atoms in total. The summed E-state index contributed by atoms with van der Waals surface area (Å²) in [5, 5.41) is 8.53. The lowest BCUT2D eigenvalue weighted by Gasteiger charge is -2.27. The lowest BCUT2D eigenvalue weighted by Crippen LogP contribution is -2.27. The summed E-state index contributed by atoms with van der Waals surface area (Å²) in [5.74, 6) is 1.11. The first-order valence-corrected chi connectivity index (χ1v) is 6.54. The van der Waals surface area contributed by atoms with Crippen LogP contribution in [0.1, 0.15) is 20.8 Å². The molecule has 1 aliphatic rings. The summed E-state index contributed by atoms with van der Waals surface area (Å²) in [7, 11) is 0. The molecule has 0 amide bonds. The number of hydrogen-bond acceptors (Lipinski definition) is 4. The molecule has 1 aromatic rings. The average molecular weight is 238 g/mol. The zero-order valence-corrected chi connectivity index (χ0v) is 10.8. The van der Waals surface area contributed by atoms with E-state index in [1.165, 1.54) is 0 Å². The molecule has 0 radical (unpaired) electrons. The molecule has 0 unspecified atom stereocenters. The number of nitrogens with zero attached hydrogens (tertiary/aromatic N) is 3. The largest absolute Gasteiger partial charge is 0.332 e. The van der Waals surface area contributed by atoms with Gasteiger partial charge in [-0.05, 0) is 12.3 Å². The van der Waals surface area contributed by atoms with Crippen molar-refractivity contribution in [1.29, 1.82) is 0 Å². The molecule has 0 spiro atoms. The Labute approximate surface area is 101 Å². The summed E-state index contributed by atoms with van der Waals surface area (Å²) in [5.41, 5.74) is 1.34. The normalized spacial score (nSPS) is 19.3. The van der Waals surface area contributed by atoms with Crippen LogP contribution in [0.3, 0.4) is 0 Å². The van der Waals surface area contributed by atoms with Gasteiger partial charge in [0.2, 0.25) is 0 Å². The summed E-state index contributed by atoms with van der Waals surface area (Å²) in [6, 6.07) is 0. The van der Waals surface area contributed by atoms with Gasteiger partial charge < -0.3 is 5.32 Å². The maximum absolute atomic E-state index is 4.54. The van der Waals surface area contributed by atoms with Gasteiger partial charge in [0.05, 0.1) is 11.9 Å². The first kappa shape index (κ1) is 11.5. The molecular formula is C11H18N4S. The van der Waals surface area contributed by atoms with Gasteiger partial charge in [-0.25, -0.2) is 0 Å². The Morgan fingerprint density at radius 1 is 1.56 bits per heavy atom. The second-order valence-electron chi connectivity index (χ2n) is 4.78. The Hall–Kier alpha value is -0.970. The number of rotatable bonds is 2. The molecule has 1 aromatic heterocycles. The van der Waals surface area contributed by atoms with Crippen LogP contribution in [0.15, 0.2) is 17.4 Å². The molecule has 0 aliphatic carbocycles. The van der Waals surface area contributed by atoms with Crippen LogP contribution in [-0.2, 0) is 6.54 Å². The summed E-state index contributed by atoms with van der Waals surface area (Å²) in [6.45, 7) is 8.36. The maximum Gasteiger partial charge on any atom is 0.161 e. The molecule has 0 saturated carbocycles. The van der Waals surface area contributed by atoms with Gasteiger partial charge in [0.1, 0.15) is 0 Å². The molecule has 16 heavy (non-hydrogen) atoms. The first-order chi connectivity index (χ1) is 7.59. The van der Waals surface area contributed by atoms with E-state index in [0.717, 1.165) is 29.7 Å². The van der Waals surface area contributed by atoms with Crippen LogP contribution in [0, 0.1) is 5.41 Å². The number of aromatic nitrogens is 2. The van der Waals surface area contributed by atoms with E-state index < -0.39 is 0 Å². The van der Waals surface area contributed by atoms with Gasteiger partial charge in [-0.2, -0.15) is 5.10 Å². The fourth-order valence-corrected chi connectivity index (χ4v) is 2.41. The number of aryl methyl sites for hydroxylation is 1. The summed E-state index contributed by atoms with van der Waals surface area (Å²) < 4.78 is 1.90. The highest BCUT2D eigenvalue weighted by atomic mass is 32.2. The van der Waals surface area contributed by atoms with E-state index in [1.807, 2.05) is 17.1 Å². The predicted molar refractivity (Wildman–Crippen MR) is 70.1 cm³/mol. The lowest BCUT2D eigenvalue weighted by atomic mass is 9.97. The van der Waals surface area contributed by atoms with Crippen LogP contribution in [0.4, 0.5) is 5.69 Å². The molecular weight excluding hydrogens is 220 g/mol. The van der Waals surface area contributed by atoms with Crippen LogP contribution in [-0.4, -0.2) is 27.2 Å². The van der Waals surface area contributed by atoms with E-state index >= 15 is 0 Å². The van der Waals surface area contributed by atoms with E-state index in [4.69, 9.17) is 0 Å². The summed E-state index contributed by atoms with van der Waals surface area (Å²) in [6.07, 6.45) is 3.84. The highest BCUT2D eigenvalue weighted by molar-refractivity contribution is 8.14. The van der Waals surface area contributed by atoms with Crippen molar-refractivity contribution in [1.82, 2.24) is 9.78 Å². The molecule has 0 fully saturated rings. The Morgan fingerprint density at radius 3 is 2.94 bits per heavy atom. The van der Waals surface area contributed by atoms with Gasteiger partial charge in [-0.15, -0.1) is 0 Å². The fourth-order valence-electron chi connectivity index (χ4n) is 1.44. The maximum atomic E-state index is 4.54. The van der Waals surface area contributed by atoms with E-state index in [2.05, 4.69) is 36.2 Å². The Balaban J connectivity index is 1.98. The summed E-state index contributed by atoms with van der Waals surface area (Å²) >= 11 is 1.78. The molecule has 1 N–H and O–H groups in total. The molecule has 0 saturated heterocycles. The minimum Gasteiger partial charge on any atom is -0.332 e. The molecule has 88 valence electrons. The number of nitrogens with one attached hydrogen (secondary N) is 1. The summed E-state index contributed by atoms with van der Waals surface area (Å²) in [4.78, 5) is 4.54. The highest BCUT2D eigenvalue weighted by Crippen LogP contribution is 2.28. The monoisotopic (exact) mass is 238 g/mol. The van der Waals surface area contributed by atoms with Crippen LogP contribution in [0.25, 0.3) is 0 Å². The van der Waals surface area contributed by atoms with Crippen LogP contribution in [0.2, 0.25) is 0 Å². The third-order valence-corrected chi connectivity index (χ3v) is 3.89. The lowest BCUT2D eigenvalue weighted by molar-refractivity contribution is 0.438. The third-order valence-electron chi connectivity index (χ3n) is 2.46. The Kier molecular flexibility index (Phi) is 3.23. The number of aliphatic imine (C=N–C) groups is 1. The molecule has 0 aromatic carbocycles. The number of hydrogen-bond donors (Lipinski definition) is 1. The van der Waals surface area contributed by atoms with Crippen molar-refractivity contribution in [3.8, 4) is 0 Å². The quantitative estimate of drug-likeness (QED) is 0.860. The number of anilines is 1. The van der Waals surface area contributed by atoms with E-state index in [1.54, 1.807) is 11.8 Å².